The molecule has 1 aromatic rings. The van der Waals surface area contributed by atoms with Gasteiger partial charge >= 0.3 is 0 Å². The van der Waals surface area contributed by atoms with Crippen LogP contribution in [0.25, 0.3) is 0 Å². The molecule has 0 bridgehead atoms. The van der Waals surface area contributed by atoms with Gasteiger partial charge in [-0.2, -0.15) is 0 Å². The molecular formula is C14H22ClNS. The molecule has 1 aromatic carbocycles. The normalized spacial score (nSPS) is 12.6. The Bertz CT molecular complexity index is 279. The summed E-state index contributed by atoms with van der Waals surface area (Å²) in [5.74, 6) is 2.63. The maximum atomic E-state index is 5.76. The van der Waals surface area contributed by atoms with Gasteiger partial charge in [-0.05, 0) is 31.0 Å². The van der Waals surface area contributed by atoms with E-state index in [0.717, 1.165) is 37.1 Å². The lowest BCUT2D eigenvalue weighted by Gasteiger charge is -2.13. The summed E-state index contributed by atoms with van der Waals surface area (Å²) < 4.78 is 0. The Balaban J connectivity index is 2.04. The van der Waals surface area contributed by atoms with Gasteiger partial charge < -0.3 is 5.32 Å². The van der Waals surface area contributed by atoms with Crippen molar-refractivity contribution in [1.82, 2.24) is 5.32 Å². The maximum absolute atomic E-state index is 5.76. The molecule has 0 amide bonds. The Hall–Kier alpha value is -0.180. The molecule has 1 rings (SSSR count). The fourth-order valence-electron chi connectivity index (χ4n) is 1.67. The van der Waals surface area contributed by atoms with E-state index in [0.29, 0.717) is 0 Å². The first-order valence-electron chi connectivity index (χ1n) is 6.31. The summed E-state index contributed by atoms with van der Waals surface area (Å²) in [5.41, 5.74) is 0. The highest BCUT2D eigenvalue weighted by Gasteiger charge is 2.04. The van der Waals surface area contributed by atoms with Gasteiger partial charge in [0.1, 0.15) is 0 Å². The number of rotatable bonds is 9. The second kappa shape index (κ2) is 9.81. The van der Waals surface area contributed by atoms with Crippen LogP contribution >= 0.6 is 23.4 Å². The van der Waals surface area contributed by atoms with Crippen LogP contribution in [0.5, 0.6) is 0 Å². The summed E-state index contributed by atoms with van der Waals surface area (Å²) in [4.78, 5) is 1.35. The SMILES string of the molecule is CCC(CCCl)CNCCSc1ccccc1. The van der Waals surface area contributed by atoms with Crippen LogP contribution in [0.15, 0.2) is 35.2 Å². The second-order valence-electron chi connectivity index (χ2n) is 4.12. The molecule has 0 aliphatic heterocycles. The predicted molar refractivity (Wildman–Crippen MR) is 79.2 cm³/mol. The molecule has 0 saturated carbocycles. The Kier molecular flexibility index (Phi) is 8.59. The predicted octanol–water partition coefficient (Wildman–Crippen LogP) is 4.02. The van der Waals surface area contributed by atoms with Crippen LogP contribution in [0, 0.1) is 5.92 Å². The van der Waals surface area contributed by atoms with Crippen molar-refractivity contribution in [2.24, 2.45) is 5.92 Å². The van der Waals surface area contributed by atoms with Gasteiger partial charge in [-0.3, -0.25) is 0 Å². The van der Waals surface area contributed by atoms with Crippen LogP contribution in [0.1, 0.15) is 19.8 Å². The average Bonchev–Trinajstić information content (AvgIpc) is 2.38. The summed E-state index contributed by atoms with van der Waals surface area (Å²) in [6.07, 6.45) is 2.34. The second-order valence-corrected chi connectivity index (χ2v) is 5.66. The van der Waals surface area contributed by atoms with E-state index < -0.39 is 0 Å². The lowest BCUT2D eigenvalue weighted by molar-refractivity contribution is 0.459. The molecule has 0 saturated heterocycles. The fourth-order valence-corrected chi connectivity index (χ4v) is 2.81. The molecule has 96 valence electrons. The van der Waals surface area contributed by atoms with Crippen LogP contribution in [0.2, 0.25) is 0 Å². The van der Waals surface area contributed by atoms with Crippen molar-refractivity contribution in [3.05, 3.63) is 30.3 Å². The van der Waals surface area contributed by atoms with Crippen LogP contribution in [0.4, 0.5) is 0 Å². The molecule has 1 atom stereocenters. The number of hydrogen-bond donors (Lipinski definition) is 1. The molecule has 0 aliphatic rings. The summed E-state index contributed by atoms with van der Waals surface area (Å²) in [6.45, 7) is 4.40. The minimum atomic E-state index is 0.731. The van der Waals surface area contributed by atoms with Crippen molar-refractivity contribution in [2.75, 3.05) is 24.7 Å². The third-order valence-corrected chi connectivity index (χ3v) is 4.05. The van der Waals surface area contributed by atoms with Gasteiger partial charge in [0.2, 0.25) is 0 Å². The monoisotopic (exact) mass is 271 g/mol. The van der Waals surface area contributed by atoms with Crippen molar-refractivity contribution in [1.29, 1.82) is 0 Å². The largest absolute Gasteiger partial charge is 0.316 e. The van der Waals surface area contributed by atoms with Crippen molar-refractivity contribution in [3.63, 3.8) is 0 Å². The Labute approximate surface area is 114 Å². The number of benzene rings is 1. The van der Waals surface area contributed by atoms with Gasteiger partial charge in [-0.1, -0.05) is 31.5 Å². The third-order valence-electron chi connectivity index (χ3n) is 2.82. The fraction of sp³-hybridized carbons (Fsp3) is 0.571. The number of halogens is 1. The lowest BCUT2D eigenvalue weighted by Crippen LogP contribution is -2.25. The molecular weight excluding hydrogens is 250 g/mol. The minimum Gasteiger partial charge on any atom is -0.316 e. The summed E-state index contributed by atoms with van der Waals surface area (Å²) in [7, 11) is 0. The highest BCUT2D eigenvalue weighted by atomic mass is 35.5. The molecule has 0 spiro atoms. The number of alkyl halides is 1. The number of nitrogens with one attached hydrogen (secondary N) is 1. The first kappa shape index (κ1) is 14.9. The zero-order valence-electron chi connectivity index (χ0n) is 10.5. The van der Waals surface area contributed by atoms with Gasteiger partial charge in [-0.25, -0.2) is 0 Å². The Morgan fingerprint density at radius 2 is 2.06 bits per heavy atom. The van der Waals surface area contributed by atoms with Crippen LogP contribution in [-0.2, 0) is 0 Å². The first-order chi connectivity index (χ1) is 8.36. The summed E-state index contributed by atoms with van der Waals surface area (Å²) in [6, 6.07) is 10.5. The maximum Gasteiger partial charge on any atom is 0.0226 e. The van der Waals surface area contributed by atoms with Crippen molar-refractivity contribution in [2.45, 2.75) is 24.7 Å². The van der Waals surface area contributed by atoms with Crippen molar-refractivity contribution >= 4 is 23.4 Å². The smallest absolute Gasteiger partial charge is 0.0226 e. The highest BCUT2D eigenvalue weighted by Crippen LogP contribution is 2.15. The van der Waals surface area contributed by atoms with E-state index in [1.54, 1.807) is 0 Å². The standard InChI is InChI=1S/C14H22ClNS/c1-2-13(8-9-15)12-16-10-11-17-14-6-4-3-5-7-14/h3-7,13,16H,2,8-12H2,1H3. The summed E-state index contributed by atoms with van der Waals surface area (Å²) in [5, 5.41) is 3.51. The quantitative estimate of drug-likeness (QED) is 0.414. The highest BCUT2D eigenvalue weighted by molar-refractivity contribution is 7.99. The number of thioether (sulfide) groups is 1. The van der Waals surface area contributed by atoms with Gasteiger partial charge in [0.25, 0.3) is 0 Å². The zero-order valence-corrected chi connectivity index (χ0v) is 12.1. The van der Waals surface area contributed by atoms with Gasteiger partial charge in [-0.15, -0.1) is 23.4 Å². The van der Waals surface area contributed by atoms with Gasteiger partial charge in [0, 0.05) is 23.1 Å². The molecule has 0 fully saturated rings. The Morgan fingerprint density at radius 1 is 1.29 bits per heavy atom. The molecule has 1 N–H and O–H groups in total. The van der Waals surface area contributed by atoms with E-state index in [1.807, 2.05) is 11.8 Å². The Morgan fingerprint density at radius 3 is 2.71 bits per heavy atom. The van der Waals surface area contributed by atoms with Gasteiger partial charge in [0.05, 0.1) is 0 Å². The molecule has 0 heterocycles. The molecule has 0 aromatic heterocycles. The lowest BCUT2D eigenvalue weighted by atomic mass is 10.0. The van der Waals surface area contributed by atoms with E-state index in [-0.39, 0.29) is 0 Å². The molecule has 0 radical (unpaired) electrons. The first-order valence-corrected chi connectivity index (χ1v) is 7.83. The van der Waals surface area contributed by atoms with Crippen LogP contribution in [0.3, 0.4) is 0 Å². The van der Waals surface area contributed by atoms with E-state index in [4.69, 9.17) is 11.6 Å². The van der Waals surface area contributed by atoms with E-state index in [2.05, 4.69) is 42.6 Å². The molecule has 1 unspecified atom stereocenters. The molecule has 0 aliphatic carbocycles. The van der Waals surface area contributed by atoms with E-state index >= 15 is 0 Å². The number of hydrogen-bond acceptors (Lipinski definition) is 2. The minimum absolute atomic E-state index is 0.731. The van der Waals surface area contributed by atoms with Gasteiger partial charge in [0.15, 0.2) is 0 Å². The van der Waals surface area contributed by atoms with Crippen LogP contribution < -0.4 is 5.32 Å². The van der Waals surface area contributed by atoms with Crippen molar-refractivity contribution in [3.8, 4) is 0 Å². The van der Waals surface area contributed by atoms with Crippen LogP contribution in [-0.4, -0.2) is 24.7 Å². The molecule has 1 nitrogen and oxygen atoms in total. The van der Waals surface area contributed by atoms with E-state index in [1.165, 1.54) is 11.3 Å². The average molecular weight is 272 g/mol. The van der Waals surface area contributed by atoms with E-state index in [9.17, 15) is 0 Å². The third kappa shape index (κ3) is 6.97. The molecule has 3 heteroatoms. The summed E-state index contributed by atoms with van der Waals surface area (Å²) >= 11 is 7.67. The topological polar surface area (TPSA) is 12.0 Å². The zero-order chi connectivity index (χ0) is 12.3. The molecule has 17 heavy (non-hydrogen) atoms. The van der Waals surface area contributed by atoms with Crippen molar-refractivity contribution < 1.29 is 0 Å².